The number of nitrogens with one attached hydrogen (secondary N) is 2. The Labute approximate surface area is 127 Å². The van der Waals surface area contributed by atoms with Gasteiger partial charge in [0, 0.05) is 25.9 Å². The quantitative estimate of drug-likeness (QED) is 0.686. The molecule has 1 rings (SSSR count). The fourth-order valence-corrected chi connectivity index (χ4v) is 1.93. The van der Waals surface area contributed by atoms with E-state index in [1.165, 1.54) is 11.1 Å². The number of unbranched alkanes of at least 4 members (excludes halogenated alkanes) is 1. The number of benzene rings is 1. The summed E-state index contributed by atoms with van der Waals surface area (Å²) in [5, 5.41) is 5.62. The molecule has 1 aromatic carbocycles. The van der Waals surface area contributed by atoms with Gasteiger partial charge in [-0.3, -0.25) is 9.59 Å². The SMILES string of the molecule is CCCCC(=O)NCCNC(=O)CCc1ccc(C)cc1. The maximum Gasteiger partial charge on any atom is 0.220 e. The minimum atomic E-state index is 0.0263. The molecule has 4 heteroatoms. The van der Waals surface area contributed by atoms with Crippen LogP contribution in [0.4, 0.5) is 0 Å². The lowest BCUT2D eigenvalue weighted by Gasteiger charge is -2.07. The Kier molecular flexibility index (Phi) is 8.17. The summed E-state index contributed by atoms with van der Waals surface area (Å²) in [6, 6.07) is 8.21. The van der Waals surface area contributed by atoms with Gasteiger partial charge in [-0.05, 0) is 25.3 Å². The van der Waals surface area contributed by atoms with Crippen LogP contribution < -0.4 is 10.6 Å². The van der Waals surface area contributed by atoms with Gasteiger partial charge in [-0.25, -0.2) is 0 Å². The number of amides is 2. The van der Waals surface area contributed by atoms with Crippen molar-refractivity contribution < 1.29 is 9.59 Å². The second kappa shape index (κ2) is 9.97. The summed E-state index contributed by atoms with van der Waals surface area (Å²) in [7, 11) is 0. The van der Waals surface area contributed by atoms with Crippen molar-refractivity contribution in [3.63, 3.8) is 0 Å². The van der Waals surface area contributed by atoms with Crippen molar-refractivity contribution in [2.24, 2.45) is 0 Å². The molecule has 2 amide bonds. The van der Waals surface area contributed by atoms with E-state index in [0.717, 1.165) is 19.3 Å². The van der Waals surface area contributed by atoms with Crippen molar-refractivity contribution in [3.05, 3.63) is 35.4 Å². The van der Waals surface area contributed by atoms with Crippen LogP contribution >= 0.6 is 0 Å². The Hall–Kier alpha value is -1.84. The Morgan fingerprint density at radius 2 is 1.52 bits per heavy atom. The zero-order chi connectivity index (χ0) is 15.5. The lowest BCUT2D eigenvalue weighted by Crippen LogP contribution is -2.34. The summed E-state index contributed by atoms with van der Waals surface area (Å²) < 4.78 is 0. The minimum Gasteiger partial charge on any atom is -0.354 e. The van der Waals surface area contributed by atoms with Gasteiger partial charge >= 0.3 is 0 Å². The largest absolute Gasteiger partial charge is 0.354 e. The van der Waals surface area contributed by atoms with Crippen LogP contribution in [0.1, 0.15) is 43.7 Å². The van der Waals surface area contributed by atoms with E-state index in [1.807, 2.05) is 6.92 Å². The van der Waals surface area contributed by atoms with E-state index in [0.29, 0.717) is 25.9 Å². The smallest absolute Gasteiger partial charge is 0.220 e. The van der Waals surface area contributed by atoms with Gasteiger partial charge in [0.2, 0.25) is 11.8 Å². The number of carbonyl (C=O) groups excluding carboxylic acids is 2. The molecule has 0 aliphatic heterocycles. The number of aryl methyl sites for hydroxylation is 2. The van der Waals surface area contributed by atoms with E-state index in [1.54, 1.807) is 0 Å². The minimum absolute atomic E-state index is 0.0263. The van der Waals surface area contributed by atoms with Crippen molar-refractivity contribution in [2.75, 3.05) is 13.1 Å². The average molecular weight is 290 g/mol. The number of hydrogen-bond acceptors (Lipinski definition) is 2. The molecule has 0 saturated heterocycles. The summed E-state index contributed by atoms with van der Waals surface area (Å²) in [6.45, 7) is 5.09. The molecule has 1 aromatic rings. The predicted molar refractivity (Wildman–Crippen MR) is 85.0 cm³/mol. The van der Waals surface area contributed by atoms with Crippen LogP contribution in [-0.2, 0) is 16.0 Å². The summed E-state index contributed by atoms with van der Waals surface area (Å²) >= 11 is 0. The van der Waals surface area contributed by atoms with Crippen molar-refractivity contribution in [2.45, 2.75) is 46.0 Å². The van der Waals surface area contributed by atoms with Gasteiger partial charge in [-0.15, -0.1) is 0 Å². The molecule has 0 atom stereocenters. The second-order valence-electron chi connectivity index (χ2n) is 5.29. The van der Waals surface area contributed by atoms with Gasteiger partial charge in [0.25, 0.3) is 0 Å². The first-order valence-electron chi connectivity index (χ1n) is 7.70. The molecule has 0 unspecified atom stereocenters. The molecule has 2 N–H and O–H groups in total. The van der Waals surface area contributed by atoms with Gasteiger partial charge in [0.1, 0.15) is 0 Å². The summed E-state index contributed by atoms with van der Waals surface area (Å²) in [5.74, 6) is 0.0872. The molecule has 0 heterocycles. The highest BCUT2D eigenvalue weighted by atomic mass is 16.2. The molecule has 0 spiro atoms. The predicted octanol–water partition coefficient (Wildman–Crippen LogP) is 2.35. The summed E-state index contributed by atoms with van der Waals surface area (Å²) in [6.07, 6.45) is 3.72. The lowest BCUT2D eigenvalue weighted by molar-refractivity contribution is -0.122. The number of rotatable bonds is 9. The van der Waals surface area contributed by atoms with Crippen molar-refractivity contribution >= 4 is 11.8 Å². The Morgan fingerprint density at radius 3 is 2.10 bits per heavy atom. The molecule has 0 aliphatic carbocycles. The lowest BCUT2D eigenvalue weighted by atomic mass is 10.1. The van der Waals surface area contributed by atoms with E-state index < -0.39 is 0 Å². The molecule has 0 aliphatic rings. The topological polar surface area (TPSA) is 58.2 Å². The fourth-order valence-electron chi connectivity index (χ4n) is 1.93. The highest BCUT2D eigenvalue weighted by Crippen LogP contribution is 2.05. The van der Waals surface area contributed by atoms with Gasteiger partial charge < -0.3 is 10.6 Å². The molecular weight excluding hydrogens is 264 g/mol. The molecule has 0 radical (unpaired) electrons. The van der Waals surface area contributed by atoms with E-state index >= 15 is 0 Å². The molecule has 0 aromatic heterocycles. The van der Waals surface area contributed by atoms with Gasteiger partial charge in [-0.2, -0.15) is 0 Å². The second-order valence-corrected chi connectivity index (χ2v) is 5.29. The highest BCUT2D eigenvalue weighted by Gasteiger charge is 2.03. The molecule has 0 bridgehead atoms. The van der Waals surface area contributed by atoms with Crippen molar-refractivity contribution in [3.8, 4) is 0 Å². The van der Waals surface area contributed by atoms with Crippen LogP contribution in [0.2, 0.25) is 0 Å². The van der Waals surface area contributed by atoms with Crippen molar-refractivity contribution in [1.82, 2.24) is 10.6 Å². The first kappa shape index (κ1) is 17.2. The Morgan fingerprint density at radius 1 is 0.952 bits per heavy atom. The number of carbonyl (C=O) groups is 2. The van der Waals surface area contributed by atoms with E-state index in [2.05, 4.69) is 41.8 Å². The highest BCUT2D eigenvalue weighted by molar-refractivity contribution is 5.77. The molecule has 4 nitrogen and oxygen atoms in total. The first-order valence-corrected chi connectivity index (χ1v) is 7.70. The van der Waals surface area contributed by atoms with Gasteiger partial charge in [0.05, 0.1) is 0 Å². The van der Waals surface area contributed by atoms with Crippen LogP contribution in [0.15, 0.2) is 24.3 Å². The molecule has 0 saturated carbocycles. The van der Waals surface area contributed by atoms with Gasteiger partial charge in [-0.1, -0.05) is 43.2 Å². The Bertz CT molecular complexity index is 441. The third kappa shape index (κ3) is 8.12. The Balaban J connectivity index is 2.08. The molecular formula is C17H26N2O2. The fraction of sp³-hybridized carbons (Fsp3) is 0.529. The van der Waals surface area contributed by atoms with Crippen LogP contribution in [0.5, 0.6) is 0 Å². The third-order valence-corrected chi connectivity index (χ3v) is 3.29. The molecule has 21 heavy (non-hydrogen) atoms. The molecule has 116 valence electrons. The van der Waals surface area contributed by atoms with Crippen molar-refractivity contribution in [1.29, 1.82) is 0 Å². The first-order chi connectivity index (χ1) is 10.1. The summed E-state index contributed by atoms with van der Waals surface area (Å²) in [4.78, 5) is 23.0. The third-order valence-electron chi connectivity index (χ3n) is 3.29. The van der Waals surface area contributed by atoms with E-state index in [4.69, 9.17) is 0 Å². The maximum atomic E-state index is 11.7. The number of hydrogen-bond donors (Lipinski definition) is 2. The summed E-state index contributed by atoms with van der Waals surface area (Å²) in [5.41, 5.74) is 2.39. The standard InChI is InChI=1S/C17H26N2O2/c1-3-4-5-16(20)18-12-13-19-17(21)11-10-15-8-6-14(2)7-9-15/h6-9H,3-5,10-13H2,1-2H3,(H,18,20)(H,19,21). The van der Waals surface area contributed by atoms with Crippen LogP contribution in [0.25, 0.3) is 0 Å². The molecule has 0 fully saturated rings. The normalized spacial score (nSPS) is 10.2. The van der Waals surface area contributed by atoms with Crippen LogP contribution in [-0.4, -0.2) is 24.9 Å². The zero-order valence-electron chi connectivity index (χ0n) is 13.1. The monoisotopic (exact) mass is 290 g/mol. The maximum absolute atomic E-state index is 11.7. The van der Waals surface area contributed by atoms with E-state index in [9.17, 15) is 9.59 Å². The average Bonchev–Trinajstić information content (AvgIpc) is 2.49. The van der Waals surface area contributed by atoms with Crippen LogP contribution in [0, 0.1) is 6.92 Å². The zero-order valence-corrected chi connectivity index (χ0v) is 13.1. The van der Waals surface area contributed by atoms with Gasteiger partial charge in [0.15, 0.2) is 0 Å². The van der Waals surface area contributed by atoms with Crippen LogP contribution in [0.3, 0.4) is 0 Å². The van der Waals surface area contributed by atoms with E-state index in [-0.39, 0.29) is 11.8 Å².